The molecule has 0 spiro atoms. The minimum absolute atomic E-state index is 0.560. The second-order valence-electron chi connectivity index (χ2n) is 5.07. The summed E-state index contributed by atoms with van der Waals surface area (Å²) in [5.74, 6) is 0. The molecular formula is C15H21F3N2. The van der Waals surface area contributed by atoms with E-state index in [0.29, 0.717) is 0 Å². The van der Waals surface area contributed by atoms with E-state index in [2.05, 4.69) is 9.80 Å². The molecule has 1 saturated heterocycles. The monoisotopic (exact) mass is 286 g/mol. The van der Waals surface area contributed by atoms with E-state index in [1.807, 2.05) is 13.8 Å². The summed E-state index contributed by atoms with van der Waals surface area (Å²) in [6.07, 6.45) is -2.18. The van der Waals surface area contributed by atoms with Crippen LogP contribution in [0.25, 0.3) is 0 Å². The normalized spacial score (nSPS) is 15.8. The Morgan fingerprint density at radius 3 is 2.20 bits per heavy atom. The van der Waals surface area contributed by atoms with Gasteiger partial charge in [0.15, 0.2) is 0 Å². The standard InChI is InChI=1S/C15H21F3N2/c1-3-19(4-2)13-8-7-12(15(16,17)18)11-14(13)20-9-5-6-10-20/h7-8,11H,3-6,9-10H2,1-2H3. The van der Waals surface area contributed by atoms with E-state index in [1.54, 1.807) is 6.07 Å². The minimum atomic E-state index is -4.28. The SMILES string of the molecule is CCN(CC)c1ccc(C(F)(F)F)cc1N1CCCC1. The van der Waals surface area contributed by atoms with Gasteiger partial charge < -0.3 is 9.80 Å². The lowest BCUT2D eigenvalue weighted by molar-refractivity contribution is -0.137. The van der Waals surface area contributed by atoms with Crippen LogP contribution in [-0.4, -0.2) is 26.2 Å². The molecule has 2 rings (SSSR count). The Kier molecular flexibility index (Phi) is 4.45. The highest BCUT2D eigenvalue weighted by molar-refractivity contribution is 5.73. The molecule has 0 aliphatic carbocycles. The summed E-state index contributed by atoms with van der Waals surface area (Å²) in [6, 6.07) is 4.11. The van der Waals surface area contributed by atoms with Gasteiger partial charge in [-0.25, -0.2) is 0 Å². The van der Waals surface area contributed by atoms with Crippen LogP contribution in [0.2, 0.25) is 0 Å². The molecule has 0 radical (unpaired) electrons. The third-order valence-electron chi connectivity index (χ3n) is 3.85. The third kappa shape index (κ3) is 3.02. The fraction of sp³-hybridized carbons (Fsp3) is 0.600. The fourth-order valence-electron chi connectivity index (χ4n) is 2.74. The maximum Gasteiger partial charge on any atom is 0.416 e. The molecule has 0 saturated carbocycles. The summed E-state index contributed by atoms with van der Waals surface area (Å²) in [5, 5.41) is 0. The molecule has 1 aliphatic heterocycles. The van der Waals surface area contributed by atoms with E-state index in [-0.39, 0.29) is 0 Å². The van der Waals surface area contributed by atoms with Crippen molar-refractivity contribution in [2.75, 3.05) is 36.0 Å². The molecule has 1 aromatic carbocycles. The van der Waals surface area contributed by atoms with Crippen molar-refractivity contribution in [2.24, 2.45) is 0 Å². The van der Waals surface area contributed by atoms with Crippen LogP contribution in [0.3, 0.4) is 0 Å². The van der Waals surface area contributed by atoms with Crippen LogP contribution >= 0.6 is 0 Å². The van der Waals surface area contributed by atoms with Crippen molar-refractivity contribution in [2.45, 2.75) is 32.9 Å². The lowest BCUT2D eigenvalue weighted by Crippen LogP contribution is -2.27. The number of anilines is 2. The van der Waals surface area contributed by atoms with Crippen LogP contribution in [0, 0.1) is 0 Å². The van der Waals surface area contributed by atoms with Gasteiger partial charge in [-0.2, -0.15) is 13.2 Å². The van der Waals surface area contributed by atoms with Crippen molar-refractivity contribution < 1.29 is 13.2 Å². The first-order valence-electron chi connectivity index (χ1n) is 7.18. The zero-order chi connectivity index (χ0) is 14.8. The summed E-state index contributed by atoms with van der Waals surface area (Å²) in [7, 11) is 0. The quantitative estimate of drug-likeness (QED) is 0.820. The van der Waals surface area contributed by atoms with Gasteiger partial charge in [0.05, 0.1) is 16.9 Å². The molecular weight excluding hydrogens is 265 g/mol. The van der Waals surface area contributed by atoms with Crippen LogP contribution in [0.4, 0.5) is 24.5 Å². The Morgan fingerprint density at radius 1 is 1.10 bits per heavy atom. The average molecular weight is 286 g/mol. The van der Waals surface area contributed by atoms with E-state index in [4.69, 9.17) is 0 Å². The number of nitrogens with zero attached hydrogens (tertiary/aromatic N) is 2. The molecule has 1 aromatic rings. The zero-order valence-electron chi connectivity index (χ0n) is 12.0. The molecule has 5 heteroatoms. The highest BCUT2D eigenvalue weighted by Crippen LogP contribution is 2.38. The van der Waals surface area contributed by atoms with Gasteiger partial charge in [-0.1, -0.05) is 0 Å². The summed E-state index contributed by atoms with van der Waals surface area (Å²) >= 11 is 0. The van der Waals surface area contributed by atoms with Gasteiger partial charge in [-0.3, -0.25) is 0 Å². The van der Waals surface area contributed by atoms with Gasteiger partial charge in [0.1, 0.15) is 0 Å². The molecule has 0 amide bonds. The lowest BCUT2D eigenvalue weighted by Gasteiger charge is -2.29. The summed E-state index contributed by atoms with van der Waals surface area (Å²) in [4.78, 5) is 4.18. The summed E-state index contributed by atoms with van der Waals surface area (Å²) in [6.45, 7) is 7.32. The minimum Gasteiger partial charge on any atom is -0.370 e. The van der Waals surface area contributed by atoms with Crippen molar-refractivity contribution in [3.63, 3.8) is 0 Å². The highest BCUT2D eigenvalue weighted by atomic mass is 19.4. The topological polar surface area (TPSA) is 6.48 Å². The van der Waals surface area contributed by atoms with E-state index in [0.717, 1.165) is 50.4 Å². The van der Waals surface area contributed by atoms with Gasteiger partial charge in [0, 0.05) is 26.2 Å². The number of alkyl halides is 3. The number of hydrogen-bond acceptors (Lipinski definition) is 2. The average Bonchev–Trinajstić information content (AvgIpc) is 2.93. The second-order valence-corrected chi connectivity index (χ2v) is 5.07. The number of hydrogen-bond donors (Lipinski definition) is 0. The van der Waals surface area contributed by atoms with Crippen molar-refractivity contribution in [3.05, 3.63) is 23.8 Å². The molecule has 0 unspecified atom stereocenters. The third-order valence-corrected chi connectivity index (χ3v) is 3.85. The molecule has 1 heterocycles. The van der Waals surface area contributed by atoms with Crippen molar-refractivity contribution in [1.29, 1.82) is 0 Å². The predicted octanol–water partition coefficient (Wildman–Crippen LogP) is 4.15. The molecule has 1 aliphatic rings. The van der Waals surface area contributed by atoms with Gasteiger partial charge in [-0.05, 0) is 44.9 Å². The fourth-order valence-corrected chi connectivity index (χ4v) is 2.74. The van der Waals surface area contributed by atoms with Crippen LogP contribution in [0.1, 0.15) is 32.3 Å². The van der Waals surface area contributed by atoms with Gasteiger partial charge >= 0.3 is 6.18 Å². The Bertz CT molecular complexity index is 447. The Balaban J connectivity index is 2.45. The number of benzene rings is 1. The molecule has 0 bridgehead atoms. The second kappa shape index (κ2) is 5.94. The maximum absolute atomic E-state index is 12.9. The van der Waals surface area contributed by atoms with E-state index >= 15 is 0 Å². The molecule has 2 nitrogen and oxygen atoms in total. The van der Waals surface area contributed by atoms with Crippen LogP contribution in [0.15, 0.2) is 18.2 Å². The van der Waals surface area contributed by atoms with Crippen LogP contribution in [-0.2, 0) is 6.18 Å². The van der Waals surface area contributed by atoms with Crippen molar-refractivity contribution in [1.82, 2.24) is 0 Å². The van der Waals surface area contributed by atoms with Gasteiger partial charge in [0.2, 0.25) is 0 Å². The molecule has 0 atom stereocenters. The lowest BCUT2D eigenvalue weighted by atomic mass is 10.1. The molecule has 112 valence electrons. The molecule has 20 heavy (non-hydrogen) atoms. The Labute approximate surface area is 118 Å². The van der Waals surface area contributed by atoms with E-state index in [9.17, 15) is 13.2 Å². The molecule has 1 fully saturated rings. The highest BCUT2D eigenvalue weighted by Gasteiger charge is 2.32. The Morgan fingerprint density at radius 2 is 1.70 bits per heavy atom. The van der Waals surface area contributed by atoms with Crippen LogP contribution < -0.4 is 9.80 Å². The number of rotatable bonds is 4. The zero-order valence-corrected chi connectivity index (χ0v) is 12.0. The smallest absolute Gasteiger partial charge is 0.370 e. The summed E-state index contributed by atoms with van der Waals surface area (Å²) < 4.78 is 38.8. The Hall–Kier alpha value is -1.39. The van der Waals surface area contributed by atoms with Crippen molar-refractivity contribution >= 4 is 11.4 Å². The first kappa shape index (κ1) is 15.0. The number of halogens is 3. The van der Waals surface area contributed by atoms with Crippen LogP contribution in [0.5, 0.6) is 0 Å². The summed E-state index contributed by atoms with van der Waals surface area (Å²) in [5.41, 5.74) is 1.07. The molecule has 0 N–H and O–H groups in total. The van der Waals surface area contributed by atoms with E-state index in [1.165, 1.54) is 12.1 Å². The largest absolute Gasteiger partial charge is 0.416 e. The van der Waals surface area contributed by atoms with Gasteiger partial charge in [-0.15, -0.1) is 0 Å². The first-order valence-corrected chi connectivity index (χ1v) is 7.18. The predicted molar refractivity (Wildman–Crippen MR) is 76.5 cm³/mol. The van der Waals surface area contributed by atoms with Crippen molar-refractivity contribution in [3.8, 4) is 0 Å². The van der Waals surface area contributed by atoms with E-state index < -0.39 is 11.7 Å². The molecule has 0 aromatic heterocycles. The first-order chi connectivity index (χ1) is 9.47. The van der Waals surface area contributed by atoms with Gasteiger partial charge in [0.25, 0.3) is 0 Å². The maximum atomic E-state index is 12.9.